The average Bonchev–Trinajstić information content (AvgIpc) is 2.17. The average molecular weight is 328 g/mol. The van der Waals surface area contributed by atoms with Gasteiger partial charge in [0.05, 0.1) is 22.7 Å². The molecule has 0 amide bonds. The van der Waals surface area contributed by atoms with Crippen LogP contribution in [-0.4, -0.2) is 4.98 Å². The second kappa shape index (κ2) is 4.84. The lowest BCUT2D eigenvalue weighted by molar-refractivity contribution is 0.149. The number of aromatic nitrogens is 1. The van der Waals surface area contributed by atoms with Crippen LogP contribution < -0.4 is 0 Å². The van der Waals surface area contributed by atoms with Crippen LogP contribution in [0.1, 0.15) is 23.2 Å². The van der Waals surface area contributed by atoms with E-state index in [-0.39, 0.29) is 22.7 Å². The van der Waals surface area contributed by atoms with Crippen molar-refractivity contribution in [2.45, 2.75) is 12.3 Å². The van der Waals surface area contributed by atoms with E-state index in [0.29, 0.717) is 3.57 Å². The van der Waals surface area contributed by atoms with Crippen molar-refractivity contribution in [2.75, 3.05) is 0 Å². The highest BCUT2D eigenvalue weighted by molar-refractivity contribution is 14.1. The number of hydrogen-bond donors (Lipinski definition) is 0. The Morgan fingerprint density at radius 1 is 1.64 bits per heavy atom. The van der Waals surface area contributed by atoms with Crippen LogP contribution in [-0.2, 0) is 5.88 Å². The molecule has 1 aromatic rings. The number of pyridine rings is 1. The van der Waals surface area contributed by atoms with E-state index in [1.165, 1.54) is 6.20 Å². The number of alkyl halides is 3. The minimum absolute atomic E-state index is 0.0359. The molecule has 6 heteroatoms. The smallest absolute Gasteiger partial charge is 0.258 e. The molecule has 0 N–H and O–H groups in total. The van der Waals surface area contributed by atoms with Crippen LogP contribution in [0.2, 0.25) is 0 Å². The fourth-order valence-corrected chi connectivity index (χ4v) is 1.76. The predicted octanol–water partition coefficient (Wildman–Crippen LogP) is 3.23. The molecule has 0 saturated heterocycles. The number of halogens is 4. The molecule has 14 heavy (non-hydrogen) atoms. The van der Waals surface area contributed by atoms with Crippen LogP contribution in [0, 0.1) is 14.9 Å². The van der Waals surface area contributed by atoms with E-state index < -0.39 is 6.43 Å². The molecule has 0 unspecified atom stereocenters. The molecule has 0 radical (unpaired) electrons. The van der Waals surface area contributed by atoms with Gasteiger partial charge in [-0.25, -0.2) is 8.78 Å². The summed E-state index contributed by atoms with van der Waals surface area (Å²) in [6.45, 7) is 0. The summed E-state index contributed by atoms with van der Waals surface area (Å²) in [5, 5.41) is 8.71. The Morgan fingerprint density at radius 3 is 2.71 bits per heavy atom. The van der Waals surface area contributed by atoms with Crippen LogP contribution in [0.15, 0.2) is 6.20 Å². The highest BCUT2D eigenvalue weighted by Crippen LogP contribution is 2.28. The minimum atomic E-state index is -2.72. The number of nitriles is 1. The molecule has 0 spiro atoms. The molecule has 0 fully saturated rings. The van der Waals surface area contributed by atoms with Gasteiger partial charge >= 0.3 is 0 Å². The van der Waals surface area contributed by atoms with Crippen molar-refractivity contribution in [1.82, 2.24) is 4.98 Å². The molecule has 0 aliphatic heterocycles. The van der Waals surface area contributed by atoms with Gasteiger partial charge in [-0.3, -0.25) is 4.98 Å². The van der Waals surface area contributed by atoms with Crippen LogP contribution in [0.4, 0.5) is 8.78 Å². The zero-order valence-corrected chi connectivity index (χ0v) is 9.68. The van der Waals surface area contributed by atoms with E-state index in [1.807, 2.05) is 0 Å². The standard InChI is InChI=1S/C8H4ClF2IN2/c9-1-6-7(8(10)11)4(2-13)5(12)3-14-6/h3,8H,1H2. The molecule has 0 saturated carbocycles. The van der Waals surface area contributed by atoms with E-state index in [1.54, 1.807) is 28.7 Å². The SMILES string of the molecule is N#Cc1c(I)cnc(CCl)c1C(F)F. The Labute approximate surface area is 98.0 Å². The molecule has 0 bridgehead atoms. The number of nitrogens with zero attached hydrogens (tertiary/aromatic N) is 2. The van der Waals surface area contributed by atoms with Crippen molar-refractivity contribution in [1.29, 1.82) is 5.26 Å². The second-order valence-corrected chi connectivity index (χ2v) is 3.82. The lowest BCUT2D eigenvalue weighted by Gasteiger charge is -2.08. The molecule has 0 aromatic carbocycles. The van der Waals surface area contributed by atoms with Gasteiger partial charge in [-0.1, -0.05) is 0 Å². The zero-order valence-electron chi connectivity index (χ0n) is 6.77. The Balaban J connectivity index is 3.46. The summed E-state index contributed by atoms with van der Waals surface area (Å²) in [5.41, 5.74) is -0.320. The predicted molar refractivity (Wildman–Crippen MR) is 56.2 cm³/mol. The summed E-state index contributed by atoms with van der Waals surface area (Å²) in [5.74, 6) is -0.120. The van der Waals surface area contributed by atoms with Gasteiger partial charge in [0, 0.05) is 9.77 Å². The van der Waals surface area contributed by atoms with Crippen LogP contribution >= 0.6 is 34.2 Å². The largest absolute Gasteiger partial charge is 0.266 e. The maximum absolute atomic E-state index is 12.6. The molecule has 2 nitrogen and oxygen atoms in total. The van der Waals surface area contributed by atoms with Gasteiger partial charge in [0.1, 0.15) is 6.07 Å². The van der Waals surface area contributed by atoms with Gasteiger partial charge in [0.25, 0.3) is 6.43 Å². The van der Waals surface area contributed by atoms with Gasteiger partial charge < -0.3 is 0 Å². The van der Waals surface area contributed by atoms with Crippen molar-refractivity contribution in [2.24, 2.45) is 0 Å². The summed E-state index contributed by atoms with van der Waals surface area (Å²) in [7, 11) is 0. The molecule has 74 valence electrons. The third-order valence-electron chi connectivity index (χ3n) is 1.61. The Hall–Kier alpha value is -0.480. The van der Waals surface area contributed by atoms with Crippen molar-refractivity contribution in [3.63, 3.8) is 0 Å². The Morgan fingerprint density at radius 2 is 2.29 bits per heavy atom. The molecule has 1 rings (SSSR count). The first-order chi connectivity index (χ1) is 6.61. The second-order valence-electron chi connectivity index (χ2n) is 2.39. The van der Waals surface area contributed by atoms with E-state index in [0.717, 1.165) is 0 Å². The highest BCUT2D eigenvalue weighted by atomic mass is 127. The minimum Gasteiger partial charge on any atom is -0.258 e. The molecule has 0 aliphatic rings. The lowest BCUT2D eigenvalue weighted by atomic mass is 10.1. The third kappa shape index (κ3) is 2.12. The normalized spacial score (nSPS) is 10.3. The monoisotopic (exact) mass is 328 g/mol. The molecule has 0 aliphatic carbocycles. The third-order valence-corrected chi connectivity index (χ3v) is 2.68. The van der Waals surface area contributed by atoms with Crippen molar-refractivity contribution >= 4 is 34.2 Å². The van der Waals surface area contributed by atoms with Gasteiger partial charge in [-0.2, -0.15) is 5.26 Å². The summed E-state index contributed by atoms with van der Waals surface area (Å²) in [6.07, 6.45) is -1.36. The van der Waals surface area contributed by atoms with Crippen LogP contribution in [0.3, 0.4) is 0 Å². The van der Waals surface area contributed by atoms with Gasteiger partial charge in [0.2, 0.25) is 0 Å². The first-order valence-corrected chi connectivity index (χ1v) is 5.14. The molecule has 0 atom stereocenters. The topological polar surface area (TPSA) is 36.7 Å². The lowest BCUT2D eigenvalue weighted by Crippen LogP contribution is -2.02. The molecule has 1 heterocycles. The van der Waals surface area contributed by atoms with Crippen molar-refractivity contribution in [3.05, 3.63) is 26.6 Å². The van der Waals surface area contributed by atoms with E-state index >= 15 is 0 Å². The molecular formula is C8H4ClF2IN2. The van der Waals surface area contributed by atoms with Crippen LogP contribution in [0.5, 0.6) is 0 Å². The van der Waals surface area contributed by atoms with Gasteiger partial charge in [-0.15, -0.1) is 11.6 Å². The van der Waals surface area contributed by atoms with E-state index in [2.05, 4.69) is 4.98 Å². The van der Waals surface area contributed by atoms with Gasteiger partial charge in [0.15, 0.2) is 0 Å². The number of hydrogen-bond acceptors (Lipinski definition) is 2. The van der Waals surface area contributed by atoms with Gasteiger partial charge in [-0.05, 0) is 22.6 Å². The molecule has 1 aromatic heterocycles. The zero-order chi connectivity index (χ0) is 10.7. The highest BCUT2D eigenvalue weighted by Gasteiger charge is 2.20. The quantitative estimate of drug-likeness (QED) is 0.617. The summed E-state index contributed by atoms with van der Waals surface area (Å²) in [4.78, 5) is 3.76. The number of rotatable bonds is 2. The van der Waals surface area contributed by atoms with Crippen molar-refractivity contribution < 1.29 is 8.78 Å². The first-order valence-electron chi connectivity index (χ1n) is 3.53. The Bertz CT molecular complexity index is 390. The van der Waals surface area contributed by atoms with Crippen molar-refractivity contribution in [3.8, 4) is 6.07 Å². The summed E-state index contributed by atoms with van der Waals surface area (Å²) < 4.78 is 25.6. The maximum Gasteiger partial charge on any atom is 0.266 e. The fraction of sp³-hybridized carbons (Fsp3) is 0.250. The molecular weight excluding hydrogens is 324 g/mol. The van der Waals surface area contributed by atoms with Crippen LogP contribution in [0.25, 0.3) is 0 Å². The van der Waals surface area contributed by atoms with E-state index in [4.69, 9.17) is 16.9 Å². The summed E-state index contributed by atoms with van der Waals surface area (Å²) >= 11 is 7.24. The maximum atomic E-state index is 12.6. The Kier molecular flexibility index (Phi) is 4.01. The summed E-state index contributed by atoms with van der Waals surface area (Å²) in [6, 6.07) is 1.73. The fourth-order valence-electron chi connectivity index (χ4n) is 0.997. The first kappa shape index (κ1) is 11.6. The van der Waals surface area contributed by atoms with E-state index in [9.17, 15) is 8.78 Å².